The molecule has 0 aliphatic carbocycles. The van der Waals surface area contributed by atoms with Crippen LogP contribution in [0.4, 0.5) is 0 Å². The molecule has 3 nitrogen and oxygen atoms in total. The summed E-state index contributed by atoms with van der Waals surface area (Å²) in [6.45, 7) is 2.60. The Hall–Kier alpha value is -1.39. The molecule has 4 heteroatoms. The lowest BCUT2D eigenvalue weighted by Crippen LogP contribution is -2.18. The van der Waals surface area contributed by atoms with Gasteiger partial charge in [0.15, 0.2) is 0 Å². The molecule has 0 aliphatic heterocycles. The van der Waals surface area contributed by atoms with Gasteiger partial charge >= 0.3 is 0 Å². The van der Waals surface area contributed by atoms with E-state index in [1.165, 1.54) is 0 Å². The van der Waals surface area contributed by atoms with Crippen molar-refractivity contribution in [3.63, 3.8) is 0 Å². The van der Waals surface area contributed by atoms with E-state index in [0.29, 0.717) is 6.61 Å². The molecule has 0 fully saturated rings. The van der Waals surface area contributed by atoms with Crippen molar-refractivity contribution in [2.75, 3.05) is 6.61 Å². The highest BCUT2D eigenvalue weighted by atomic mass is 79.9. The summed E-state index contributed by atoms with van der Waals surface area (Å²) in [7, 11) is 0. The predicted octanol–water partition coefficient (Wildman–Crippen LogP) is 3.36. The topological polar surface area (TPSA) is 48.1 Å². The molecule has 2 rings (SSSR count). The summed E-state index contributed by atoms with van der Waals surface area (Å²) in [5.41, 5.74) is 8.05. The third kappa shape index (κ3) is 4.32. The second kappa shape index (κ2) is 7.41. The highest BCUT2D eigenvalue weighted by Crippen LogP contribution is 2.30. The fourth-order valence-corrected chi connectivity index (χ4v) is 2.55. The Bertz CT molecular complexity index is 543. The quantitative estimate of drug-likeness (QED) is 0.881. The number of nitrogens with zero attached hydrogens (tertiary/aromatic N) is 1. The molecule has 1 atom stereocenters. The number of para-hydroxylation sites is 1. The van der Waals surface area contributed by atoms with E-state index in [9.17, 15) is 0 Å². The number of rotatable bonds is 6. The maximum Gasteiger partial charge on any atom is 0.136 e. The summed E-state index contributed by atoms with van der Waals surface area (Å²) >= 11 is 3.54. The van der Waals surface area contributed by atoms with Gasteiger partial charge in [-0.05, 0) is 53.0 Å². The maximum absolute atomic E-state index is 5.93. The highest BCUT2D eigenvalue weighted by molar-refractivity contribution is 9.10. The van der Waals surface area contributed by atoms with Gasteiger partial charge in [-0.1, -0.05) is 18.2 Å². The van der Waals surface area contributed by atoms with Gasteiger partial charge in [-0.3, -0.25) is 4.98 Å². The van der Waals surface area contributed by atoms with Gasteiger partial charge in [0, 0.05) is 24.4 Å². The smallest absolute Gasteiger partial charge is 0.136 e. The van der Waals surface area contributed by atoms with Crippen LogP contribution in [0.15, 0.2) is 47.1 Å². The fourth-order valence-electron chi connectivity index (χ4n) is 2.03. The van der Waals surface area contributed by atoms with Crippen LogP contribution in [-0.2, 0) is 12.8 Å². The Kier molecular flexibility index (Phi) is 5.56. The lowest BCUT2D eigenvalue weighted by atomic mass is 10.1. The zero-order valence-electron chi connectivity index (χ0n) is 11.6. The lowest BCUT2D eigenvalue weighted by molar-refractivity contribution is 0.314. The van der Waals surface area contributed by atoms with E-state index >= 15 is 0 Å². The average molecular weight is 335 g/mol. The standard InChI is InChI=1S/C16H19BrN2O/c1-12(18)11-13-5-4-7-15(17)16(13)20-10-8-14-6-2-3-9-19-14/h2-7,9,12H,8,10-11,18H2,1H3. The molecule has 106 valence electrons. The van der Waals surface area contributed by atoms with E-state index in [-0.39, 0.29) is 6.04 Å². The minimum Gasteiger partial charge on any atom is -0.492 e. The molecule has 0 aliphatic rings. The van der Waals surface area contributed by atoms with Crippen LogP contribution in [0.1, 0.15) is 18.2 Å². The summed E-state index contributed by atoms with van der Waals surface area (Å²) in [5.74, 6) is 0.890. The Morgan fingerprint density at radius 3 is 2.80 bits per heavy atom. The van der Waals surface area contributed by atoms with Gasteiger partial charge in [0.25, 0.3) is 0 Å². The van der Waals surface area contributed by atoms with Crippen molar-refractivity contribution in [3.05, 3.63) is 58.3 Å². The van der Waals surface area contributed by atoms with Crippen LogP contribution >= 0.6 is 15.9 Å². The van der Waals surface area contributed by atoms with Crippen LogP contribution in [0, 0.1) is 0 Å². The third-order valence-corrected chi connectivity index (χ3v) is 3.55. The average Bonchev–Trinajstić information content (AvgIpc) is 2.42. The molecule has 0 bridgehead atoms. The van der Waals surface area contributed by atoms with E-state index in [1.807, 2.05) is 37.3 Å². The van der Waals surface area contributed by atoms with Gasteiger partial charge in [-0.25, -0.2) is 0 Å². The zero-order chi connectivity index (χ0) is 14.4. The molecule has 2 aromatic rings. The van der Waals surface area contributed by atoms with E-state index in [0.717, 1.165) is 34.3 Å². The molecule has 2 N–H and O–H groups in total. The fraction of sp³-hybridized carbons (Fsp3) is 0.312. The molecule has 1 unspecified atom stereocenters. The minimum atomic E-state index is 0.113. The van der Waals surface area contributed by atoms with Gasteiger partial charge in [0.05, 0.1) is 11.1 Å². The number of ether oxygens (including phenoxy) is 1. The first kappa shape index (κ1) is 15.0. The van der Waals surface area contributed by atoms with Crippen LogP contribution in [0.25, 0.3) is 0 Å². The van der Waals surface area contributed by atoms with Gasteiger partial charge in [0.2, 0.25) is 0 Å². The molecule has 0 amide bonds. The maximum atomic E-state index is 5.93. The number of nitrogens with two attached hydrogens (primary N) is 1. The van der Waals surface area contributed by atoms with Crippen molar-refractivity contribution in [1.29, 1.82) is 0 Å². The van der Waals surface area contributed by atoms with Crippen molar-refractivity contribution in [2.24, 2.45) is 5.73 Å². The molecule has 1 aromatic heterocycles. The van der Waals surface area contributed by atoms with Crippen LogP contribution in [-0.4, -0.2) is 17.6 Å². The number of hydrogen-bond donors (Lipinski definition) is 1. The molecular formula is C16H19BrN2O. The second-order valence-electron chi connectivity index (χ2n) is 4.83. The first-order valence-electron chi connectivity index (χ1n) is 6.72. The molecule has 1 heterocycles. The summed E-state index contributed by atoms with van der Waals surface area (Å²) in [6, 6.07) is 12.1. The van der Waals surface area contributed by atoms with Crippen LogP contribution < -0.4 is 10.5 Å². The van der Waals surface area contributed by atoms with Crippen molar-refractivity contribution in [3.8, 4) is 5.75 Å². The molecule has 1 aromatic carbocycles. The molecule has 0 spiro atoms. The molecule has 0 saturated carbocycles. The van der Waals surface area contributed by atoms with Gasteiger partial charge in [-0.2, -0.15) is 0 Å². The predicted molar refractivity (Wildman–Crippen MR) is 84.9 cm³/mol. The normalized spacial score (nSPS) is 12.2. The van der Waals surface area contributed by atoms with E-state index in [1.54, 1.807) is 6.20 Å². The molecule has 0 saturated heterocycles. The number of pyridine rings is 1. The number of benzene rings is 1. The first-order valence-corrected chi connectivity index (χ1v) is 7.52. The molecular weight excluding hydrogens is 316 g/mol. The Balaban J connectivity index is 2.01. The monoisotopic (exact) mass is 334 g/mol. The Morgan fingerprint density at radius 2 is 2.10 bits per heavy atom. The highest BCUT2D eigenvalue weighted by Gasteiger charge is 2.10. The van der Waals surface area contributed by atoms with E-state index in [2.05, 4.69) is 27.0 Å². The van der Waals surface area contributed by atoms with Crippen molar-refractivity contribution < 1.29 is 4.74 Å². The second-order valence-corrected chi connectivity index (χ2v) is 5.68. The van der Waals surface area contributed by atoms with Crippen molar-refractivity contribution >= 4 is 15.9 Å². The summed E-state index contributed by atoms with van der Waals surface area (Å²) in [6.07, 6.45) is 3.40. The van der Waals surface area contributed by atoms with Gasteiger partial charge in [0.1, 0.15) is 5.75 Å². The van der Waals surface area contributed by atoms with Crippen LogP contribution in [0.2, 0.25) is 0 Å². The SMILES string of the molecule is CC(N)Cc1cccc(Br)c1OCCc1ccccn1. The zero-order valence-corrected chi connectivity index (χ0v) is 13.1. The largest absolute Gasteiger partial charge is 0.492 e. The summed E-state index contributed by atoms with van der Waals surface area (Å²) < 4.78 is 6.90. The molecule has 20 heavy (non-hydrogen) atoms. The van der Waals surface area contributed by atoms with Gasteiger partial charge < -0.3 is 10.5 Å². The Morgan fingerprint density at radius 1 is 1.25 bits per heavy atom. The number of aromatic nitrogens is 1. The number of halogens is 1. The first-order chi connectivity index (χ1) is 9.66. The van der Waals surface area contributed by atoms with Crippen LogP contribution in [0.3, 0.4) is 0 Å². The van der Waals surface area contributed by atoms with E-state index < -0.39 is 0 Å². The van der Waals surface area contributed by atoms with Gasteiger partial charge in [-0.15, -0.1) is 0 Å². The van der Waals surface area contributed by atoms with E-state index in [4.69, 9.17) is 10.5 Å². The van der Waals surface area contributed by atoms with Crippen molar-refractivity contribution in [2.45, 2.75) is 25.8 Å². The van der Waals surface area contributed by atoms with Crippen LogP contribution in [0.5, 0.6) is 5.75 Å². The summed E-state index contributed by atoms with van der Waals surface area (Å²) in [5, 5.41) is 0. The Labute approximate surface area is 128 Å². The number of hydrogen-bond acceptors (Lipinski definition) is 3. The third-order valence-electron chi connectivity index (χ3n) is 2.92. The van der Waals surface area contributed by atoms with Crippen molar-refractivity contribution in [1.82, 2.24) is 4.98 Å². The minimum absolute atomic E-state index is 0.113. The molecule has 0 radical (unpaired) electrons. The lowest BCUT2D eigenvalue weighted by Gasteiger charge is -2.14. The summed E-state index contributed by atoms with van der Waals surface area (Å²) in [4.78, 5) is 4.29.